The molecule has 146 valence electrons. The second-order valence-electron chi connectivity index (χ2n) is 6.80. The van der Waals surface area contributed by atoms with Gasteiger partial charge in [0.25, 0.3) is 0 Å². The van der Waals surface area contributed by atoms with E-state index in [1.54, 1.807) is 16.5 Å². The summed E-state index contributed by atoms with van der Waals surface area (Å²) in [5, 5.41) is 8.46. The fraction of sp³-hybridized carbons (Fsp3) is 0.556. The van der Waals surface area contributed by atoms with Gasteiger partial charge in [-0.15, -0.1) is 0 Å². The first-order chi connectivity index (χ1) is 13.0. The van der Waals surface area contributed by atoms with Crippen LogP contribution in [0.25, 0.3) is 5.69 Å². The van der Waals surface area contributed by atoms with Crippen LogP contribution in [0.2, 0.25) is 0 Å². The Morgan fingerprint density at radius 2 is 2.22 bits per heavy atom. The molecule has 0 radical (unpaired) electrons. The van der Waals surface area contributed by atoms with E-state index in [9.17, 15) is 4.79 Å². The fourth-order valence-electron chi connectivity index (χ4n) is 3.46. The van der Waals surface area contributed by atoms with Crippen LogP contribution in [0.5, 0.6) is 5.75 Å². The summed E-state index contributed by atoms with van der Waals surface area (Å²) in [6, 6.07) is 5.84. The van der Waals surface area contributed by atoms with Crippen molar-refractivity contribution >= 4 is 18.2 Å². The molecule has 3 rings (SSSR count). The maximum absolute atomic E-state index is 12.0. The van der Waals surface area contributed by atoms with Gasteiger partial charge in [-0.05, 0) is 67.0 Å². The lowest BCUT2D eigenvalue weighted by Crippen LogP contribution is -3.13. The minimum absolute atomic E-state index is 0.0604. The normalized spacial score (nSPS) is 19.7. The molecule has 8 nitrogen and oxygen atoms in total. The van der Waals surface area contributed by atoms with Crippen LogP contribution in [-0.4, -0.2) is 52.6 Å². The molecular formula is C18H26N5O3S+. The highest BCUT2D eigenvalue weighted by Gasteiger charge is 2.30. The Morgan fingerprint density at radius 1 is 1.41 bits per heavy atom. The number of carbonyl (C=O) groups excluding carboxylic acids is 1. The summed E-state index contributed by atoms with van der Waals surface area (Å²) in [6.07, 6.45) is 1.85. The highest BCUT2D eigenvalue weighted by atomic mass is 32.1. The van der Waals surface area contributed by atoms with Crippen molar-refractivity contribution in [3.05, 3.63) is 28.5 Å². The first-order valence-corrected chi connectivity index (χ1v) is 9.62. The number of quaternary nitrogens is 1. The van der Waals surface area contributed by atoms with E-state index in [0.717, 1.165) is 37.2 Å². The predicted molar refractivity (Wildman–Crippen MR) is 102 cm³/mol. The topological polar surface area (TPSA) is 75.6 Å². The Bertz CT molecular complexity index is 863. The van der Waals surface area contributed by atoms with Crippen LogP contribution in [0.4, 0.5) is 0 Å². The van der Waals surface area contributed by atoms with E-state index in [4.69, 9.17) is 21.7 Å². The number of nitrogens with zero attached hydrogens (tertiary/aromatic N) is 4. The Morgan fingerprint density at radius 3 is 2.96 bits per heavy atom. The molecule has 1 aromatic heterocycles. The van der Waals surface area contributed by atoms with Gasteiger partial charge in [0.05, 0.1) is 26.8 Å². The highest BCUT2D eigenvalue weighted by molar-refractivity contribution is 7.71. The smallest absolute Gasteiger partial charge is 0.314 e. The van der Waals surface area contributed by atoms with Crippen LogP contribution in [0.1, 0.15) is 25.3 Å². The van der Waals surface area contributed by atoms with Gasteiger partial charge in [0, 0.05) is 0 Å². The van der Waals surface area contributed by atoms with Crippen LogP contribution in [0.3, 0.4) is 0 Å². The number of piperidine rings is 1. The summed E-state index contributed by atoms with van der Waals surface area (Å²) in [7, 11) is 1.62. The Balaban J connectivity index is 1.77. The zero-order valence-electron chi connectivity index (χ0n) is 16.0. The zero-order valence-corrected chi connectivity index (χ0v) is 16.8. The van der Waals surface area contributed by atoms with Crippen molar-refractivity contribution in [2.24, 2.45) is 5.92 Å². The molecule has 2 atom stereocenters. The maximum Gasteiger partial charge on any atom is 0.314 e. The molecule has 0 bridgehead atoms. The third kappa shape index (κ3) is 4.36. The van der Waals surface area contributed by atoms with Crippen molar-refractivity contribution in [3.63, 3.8) is 0 Å². The van der Waals surface area contributed by atoms with E-state index in [-0.39, 0.29) is 11.9 Å². The molecule has 27 heavy (non-hydrogen) atoms. The number of rotatable bonds is 6. The maximum atomic E-state index is 12.0. The number of hydrogen-bond acceptors (Lipinski definition) is 6. The van der Waals surface area contributed by atoms with E-state index in [2.05, 4.69) is 10.4 Å². The second-order valence-corrected chi connectivity index (χ2v) is 7.17. The van der Waals surface area contributed by atoms with Crippen LogP contribution in [-0.2, 0) is 16.2 Å². The molecule has 0 saturated carbocycles. The second kappa shape index (κ2) is 8.62. The van der Waals surface area contributed by atoms with E-state index in [0.29, 0.717) is 23.8 Å². The largest absolute Gasteiger partial charge is 0.494 e. The van der Waals surface area contributed by atoms with Crippen LogP contribution in [0, 0.1) is 17.6 Å². The highest BCUT2D eigenvalue weighted by Crippen LogP contribution is 2.23. The van der Waals surface area contributed by atoms with Crippen molar-refractivity contribution in [1.82, 2.24) is 19.8 Å². The third-order valence-corrected chi connectivity index (χ3v) is 5.20. The molecule has 2 aromatic rings. The number of hydrogen-bond donors (Lipinski definition) is 1. The Labute approximate surface area is 163 Å². The van der Waals surface area contributed by atoms with Crippen molar-refractivity contribution < 1.29 is 19.2 Å². The molecule has 1 fully saturated rings. The van der Waals surface area contributed by atoms with Gasteiger partial charge < -0.3 is 14.4 Å². The number of esters is 1. The van der Waals surface area contributed by atoms with Gasteiger partial charge in [0.1, 0.15) is 17.4 Å². The molecule has 1 aliphatic rings. The number of nitrogens with one attached hydrogen (secondary N) is 1. The summed E-state index contributed by atoms with van der Waals surface area (Å²) in [6.45, 7) is 6.53. The minimum atomic E-state index is -0.105. The number of likely N-dealkylation sites (tertiary alicyclic amines) is 1. The average Bonchev–Trinajstić information content (AvgIpc) is 3.02. The number of carbonyl (C=O) groups is 1. The number of ether oxygens (including phenoxy) is 2. The standard InChI is InChI=1S/C18H25N5O3S/c1-4-26-17(24)14-6-5-9-21(11-14)12-22-18(27)23(20-19-22)15-10-13(2)7-8-16(15)25-3/h7-8,10,14H,4-6,9,11-12H2,1-3H3/p+1/t14-/m1/s1. The lowest BCUT2D eigenvalue weighted by molar-refractivity contribution is -0.930. The first kappa shape index (κ1) is 19.5. The summed E-state index contributed by atoms with van der Waals surface area (Å²) >= 11 is 5.59. The molecule has 1 aliphatic heterocycles. The molecular weight excluding hydrogens is 366 g/mol. The number of benzene rings is 1. The Hall–Kier alpha value is -2.26. The van der Waals surface area contributed by atoms with Crippen LogP contribution in [0.15, 0.2) is 18.2 Å². The minimum Gasteiger partial charge on any atom is -0.494 e. The summed E-state index contributed by atoms with van der Waals surface area (Å²) in [5.41, 5.74) is 1.85. The molecule has 1 unspecified atom stereocenters. The molecule has 0 spiro atoms. The van der Waals surface area contributed by atoms with E-state index in [1.807, 2.05) is 32.0 Å². The van der Waals surface area contributed by atoms with Gasteiger partial charge in [-0.2, -0.15) is 9.36 Å². The summed E-state index contributed by atoms with van der Waals surface area (Å²) in [4.78, 5) is 13.3. The van der Waals surface area contributed by atoms with Gasteiger partial charge >= 0.3 is 5.97 Å². The molecule has 1 N–H and O–H groups in total. The Kier molecular flexibility index (Phi) is 6.22. The quantitative estimate of drug-likeness (QED) is 0.582. The van der Waals surface area contributed by atoms with E-state index < -0.39 is 0 Å². The molecule has 1 saturated heterocycles. The first-order valence-electron chi connectivity index (χ1n) is 9.21. The molecule has 2 heterocycles. The van der Waals surface area contributed by atoms with E-state index >= 15 is 0 Å². The van der Waals surface area contributed by atoms with Gasteiger partial charge in [-0.25, -0.2) is 0 Å². The number of aromatic nitrogens is 4. The molecule has 0 aliphatic carbocycles. The SMILES string of the molecule is CCOC(=O)[C@@H]1CCC[NH+](Cn2nnn(-c3cc(C)ccc3OC)c2=S)C1. The van der Waals surface area contributed by atoms with Gasteiger partial charge in [-0.3, -0.25) is 4.79 Å². The number of aryl methyl sites for hydroxylation is 1. The van der Waals surface area contributed by atoms with Crippen molar-refractivity contribution in [2.45, 2.75) is 33.4 Å². The summed E-state index contributed by atoms with van der Waals surface area (Å²) in [5.74, 6) is 0.526. The van der Waals surface area contributed by atoms with Gasteiger partial charge in [0.15, 0.2) is 6.67 Å². The van der Waals surface area contributed by atoms with Crippen molar-refractivity contribution in [1.29, 1.82) is 0 Å². The van der Waals surface area contributed by atoms with Crippen molar-refractivity contribution in [2.75, 3.05) is 26.8 Å². The monoisotopic (exact) mass is 392 g/mol. The number of methoxy groups -OCH3 is 1. The average molecular weight is 393 g/mol. The number of tetrazole rings is 1. The molecule has 9 heteroatoms. The van der Waals surface area contributed by atoms with Crippen LogP contribution < -0.4 is 9.64 Å². The fourth-order valence-corrected chi connectivity index (χ4v) is 3.69. The molecule has 0 amide bonds. The van der Waals surface area contributed by atoms with Crippen LogP contribution >= 0.6 is 12.2 Å². The van der Waals surface area contributed by atoms with Gasteiger partial charge in [0.2, 0.25) is 4.77 Å². The predicted octanol–water partition coefficient (Wildman–Crippen LogP) is 0.931. The van der Waals surface area contributed by atoms with Gasteiger partial charge in [-0.1, -0.05) is 6.07 Å². The third-order valence-electron chi connectivity index (χ3n) is 4.81. The van der Waals surface area contributed by atoms with Crippen molar-refractivity contribution in [3.8, 4) is 11.4 Å². The molecule has 1 aromatic carbocycles. The van der Waals surface area contributed by atoms with E-state index in [1.165, 1.54) is 4.90 Å². The lowest BCUT2D eigenvalue weighted by atomic mass is 9.99. The summed E-state index contributed by atoms with van der Waals surface area (Å²) < 4.78 is 14.4. The zero-order chi connectivity index (χ0) is 19.4. The lowest BCUT2D eigenvalue weighted by Gasteiger charge is -2.28.